The summed E-state index contributed by atoms with van der Waals surface area (Å²) in [6.45, 7) is -0.218. The fourth-order valence-corrected chi connectivity index (χ4v) is 4.89. The molecule has 12 heteroatoms. The molecule has 0 fully saturated rings. The first-order chi connectivity index (χ1) is 16.4. The minimum absolute atomic E-state index is 0.0333. The van der Waals surface area contributed by atoms with Crippen molar-refractivity contribution in [3.63, 3.8) is 0 Å². The van der Waals surface area contributed by atoms with Gasteiger partial charge in [-0.3, -0.25) is 14.4 Å². The Morgan fingerprint density at radius 3 is 2.82 bits per heavy atom. The lowest BCUT2D eigenvalue weighted by atomic mass is 10.0. The SMILES string of the molecule is CNC(=O)c1nc(NC(=O)c2nsc3ccccc23)c2n1CC(=O)N[C@H]2c1cc(F)ccc1Cl. The van der Waals surface area contributed by atoms with Gasteiger partial charge in [-0.25, -0.2) is 9.37 Å². The van der Waals surface area contributed by atoms with Gasteiger partial charge >= 0.3 is 0 Å². The Morgan fingerprint density at radius 1 is 1.24 bits per heavy atom. The van der Waals surface area contributed by atoms with Crippen LogP contribution in [0.5, 0.6) is 0 Å². The topological polar surface area (TPSA) is 118 Å². The summed E-state index contributed by atoms with van der Waals surface area (Å²) in [7, 11) is 1.42. The van der Waals surface area contributed by atoms with Crippen molar-refractivity contribution >= 4 is 56.8 Å². The van der Waals surface area contributed by atoms with Gasteiger partial charge in [-0.2, -0.15) is 4.37 Å². The molecule has 1 atom stereocenters. The molecule has 2 aromatic heterocycles. The Kier molecular flexibility index (Phi) is 5.50. The number of nitrogens with one attached hydrogen (secondary N) is 3. The van der Waals surface area contributed by atoms with E-state index in [0.717, 1.165) is 4.70 Å². The van der Waals surface area contributed by atoms with Crippen LogP contribution in [0, 0.1) is 5.82 Å². The molecule has 0 saturated heterocycles. The lowest BCUT2D eigenvalue weighted by molar-refractivity contribution is -0.123. The summed E-state index contributed by atoms with van der Waals surface area (Å²) in [5, 5.41) is 8.82. The molecule has 0 saturated carbocycles. The maximum atomic E-state index is 14.1. The van der Waals surface area contributed by atoms with Gasteiger partial charge in [-0.1, -0.05) is 29.8 Å². The molecule has 2 aromatic carbocycles. The highest BCUT2D eigenvalue weighted by atomic mass is 35.5. The van der Waals surface area contributed by atoms with Crippen LogP contribution < -0.4 is 16.0 Å². The van der Waals surface area contributed by atoms with Gasteiger partial charge in [0.15, 0.2) is 5.82 Å². The third-order valence-corrected chi connectivity index (χ3v) is 6.58. The molecule has 3 heterocycles. The van der Waals surface area contributed by atoms with Crippen molar-refractivity contribution in [1.82, 2.24) is 24.6 Å². The number of amides is 3. The van der Waals surface area contributed by atoms with E-state index >= 15 is 0 Å². The minimum atomic E-state index is -0.960. The van der Waals surface area contributed by atoms with Crippen molar-refractivity contribution in [2.75, 3.05) is 12.4 Å². The van der Waals surface area contributed by atoms with Crippen LogP contribution in [0.3, 0.4) is 0 Å². The molecular formula is C22H16ClFN6O3S. The Hall–Kier alpha value is -3.83. The predicted molar refractivity (Wildman–Crippen MR) is 125 cm³/mol. The fraction of sp³-hybridized carbons (Fsp3) is 0.136. The maximum Gasteiger partial charge on any atom is 0.287 e. The Balaban J connectivity index is 1.64. The minimum Gasteiger partial charge on any atom is -0.352 e. The summed E-state index contributed by atoms with van der Waals surface area (Å²) in [4.78, 5) is 42.5. The molecule has 0 unspecified atom stereocenters. The van der Waals surface area contributed by atoms with Crippen LogP contribution >= 0.6 is 23.1 Å². The van der Waals surface area contributed by atoms with Crippen LogP contribution in [0.4, 0.5) is 10.2 Å². The average Bonchev–Trinajstić information content (AvgIpc) is 3.41. The predicted octanol–water partition coefficient (Wildman–Crippen LogP) is 3.12. The Labute approximate surface area is 201 Å². The highest BCUT2D eigenvalue weighted by Gasteiger charge is 2.36. The van der Waals surface area contributed by atoms with Crippen molar-refractivity contribution in [1.29, 1.82) is 0 Å². The average molecular weight is 499 g/mol. The zero-order valence-electron chi connectivity index (χ0n) is 17.6. The van der Waals surface area contributed by atoms with E-state index in [2.05, 4.69) is 25.3 Å². The zero-order chi connectivity index (χ0) is 24.0. The summed E-state index contributed by atoms with van der Waals surface area (Å²) in [5.74, 6) is -2.13. The van der Waals surface area contributed by atoms with Crippen LogP contribution in [-0.2, 0) is 11.3 Å². The van der Waals surface area contributed by atoms with Crippen molar-refractivity contribution in [3.05, 3.63) is 76.1 Å². The molecule has 3 amide bonds. The van der Waals surface area contributed by atoms with Gasteiger partial charge in [0.05, 0.1) is 16.4 Å². The van der Waals surface area contributed by atoms with Gasteiger partial charge < -0.3 is 20.5 Å². The van der Waals surface area contributed by atoms with Gasteiger partial charge in [-0.15, -0.1) is 0 Å². The van der Waals surface area contributed by atoms with E-state index in [1.54, 1.807) is 12.1 Å². The first-order valence-corrected chi connectivity index (χ1v) is 11.2. The third kappa shape index (κ3) is 3.68. The van der Waals surface area contributed by atoms with Gasteiger partial charge in [-0.05, 0) is 35.8 Å². The quantitative estimate of drug-likeness (QED) is 0.399. The number of nitrogens with zero attached hydrogens (tertiary/aromatic N) is 3. The van der Waals surface area contributed by atoms with Gasteiger partial charge in [0.2, 0.25) is 11.7 Å². The Bertz CT molecular complexity index is 1480. The van der Waals surface area contributed by atoms with E-state index in [1.807, 2.05) is 12.1 Å². The second-order valence-corrected chi connectivity index (χ2v) is 8.69. The molecule has 9 nitrogen and oxygen atoms in total. The van der Waals surface area contributed by atoms with Crippen LogP contribution in [0.1, 0.15) is 38.4 Å². The normalized spacial score (nSPS) is 15.0. The molecular weight excluding hydrogens is 483 g/mol. The number of hydrogen-bond donors (Lipinski definition) is 3. The van der Waals surface area contributed by atoms with Gasteiger partial charge in [0.25, 0.3) is 11.8 Å². The van der Waals surface area contributed by atoms with Crippen molar-refractivity contribution in [3.8, 4) is 0 Å². The molecule has 4 aromatic rings. The van der Waals surface area contributed by atoms with E-state index in [1.165, 1.54) is 41.3 Å². The summed E-state index contributed by atoms with van der Waals surface area (Å²) < 4.78 is 20.5. The molecule has 172 valence electrons. The van der Waals surface area contributed by atoms with Crippen molar-refractivity contribution in [2.45, 2.75) is 12.6 Å². The van der Waals surface area contributed by atoms with E-state index in [0.29, 0.717) is 11.1 Å². The van der Waals surface area contributed by atoms with Gasteiger partial charge in [0, 0.05) is 23.0 Å². The highest BCUT2D eigenvalue weighted by molar-refractivity contribution is 7.13. The number of aromatic nitrogens is 3. The van der Waals surface area contributed by atoms with Crippen LogP contribution in [0.25, 0.3) is 10.1 Å². The van der Waals surface area contributed by atoms with Crippen LogP contribution in [-0.4, -0.2) is 38.7 Å². The number of imidazole rings is 1. The number of hydrogen-bond acceptors (Lipinski definition) is 6. The molecule has 0 aliphatic carbocycles. The first-order valence-electron chi connectivity index (χ1n) is 10.1. The number of rotatable bonds is 4. The van der Waals surface area contributed by atoms with E-state index in [9.17, 15) is 18.8 Å². The number of carbonyl (C=O) groups excluding carboxylic acids is 3. The molecule has 0 spiro atoms. The summed E-state index contributed by atoms with van der Waals surface area (Å²) in [5.41, 5.74) is 0.747. The second kappa shape index (κ2) is 8.50. The van der Waals surface area contributed by atoms with Crippen LogP contribution in [0.2, 0.25) is 5.02 Å². The maximum absolute atomic E-state index is 14.1. The smallest absolute Gasteiger partial charge is 0.287 e. The first kappa shape index (κ1) is 22.0. The van der Waals surface area contributed by atoms with E-state index < -0.39 is 29.6 Å². The monoisotopic (exact) mass is 498 g/mol. The summed E-state index contributed by atoms with van der Waals surface area (Å²) >= 11 is 7.50. The number of anilines is 1. The van der Waals surface area contributed by atoms with E-state index in [-0.39, 0.29) is 34.5 Å². The fourth-order valence-electron chi connectivity index (χ4n) is 3.89. The molecule has 0 radical (unpaired) electrons. The number of fused-ring (bicyclic) bond motifs is 2. The third-order valence-electron chi connectivity index (χ3n) is 5.41. The molecule has 1 aliphatic heterocycles. The van der Waals surface area contributed by atoms with E-state index in [4.69, 9.17) is 11.6 Å². The second-order valence-electron chi connectivity index (χ2n) is 7.48. The standard InChI is InChI=1S/C22H16ClFN6O3S/c1-25-22(33)20-27-19(28-21(32)17-11-4-2-3-5-14(11)34-29-17)18-16(26-15(31)9-30(18)20)12-8-10(24)6-7-13(12)23/h2-8,16H,9H2,1H3,(H,25,33)(H,26,31)(H,28,32)/t16-/m0/s1. The zero-order valence-corrected chi connectivity index (χ0v) is 19.1. The number of carbonyl (C=O) groups is 3. The number of benzene rings is 2. The Morgan fingerprint density at radius 2 is 2.03 bits per heavy atom. The summed E-state index contributed by atoms with van der Waals surface area (Å²) in [6, 6.07) is 10.1. The molecule has 5 rings (SSSR count). The molecule has 34 heavy (non-hydrogen) atoms. The van der Waals surface area contributed by atoms with Crippen molar-refractivity contribution in [2.24, 2.45) is 0 Å². The lowest BCUT2D eigenvalue weighted by Crippen LogP contribution is -2.41. The molecule has 0 bridgehead atoms. The van der Waals surface area contributed by atoms with Gasteiger partial charge in [0.1, 0.15) is 18.1 Å². The highest BCUT2D eigenvalue weighted by Crippen LogP contribution is 2.36. The summed E-state index contributed by atoms with van der Waals surface area (Å²) in [6.07, 6.45) is 0. The molecule has 1 aliphatic rings. The molecule has 3 N–H and O–H groups in total. The largest absolute Gasteiger partial charge is 0.352 e. The van der Waals surface area contributed by atoms with Crippen molar-refractivity contribution < 1.29 is 18.8 Å². The number of halogens is 2. The van der Waals surface area contributed by atoms with Crippen LogP contribution in [0.15, 0.2) is 42.5 Å². The lowest BCUT2D eigenvalue weighted by Gasteiger charge is -2.28.